The molecule has 2 aliphatic heterocycles. The lowest BCUT2D eigenvalue weighted by Gasteiger charge is -2.48. The largest absolute Gasteiger partial charge is 0.458 e. The zero-order chi connectivity index (χ0) is 40.0. The molecule has 0 atom stereocenters. The highest BCUT2D eigenvalue weighted by atomic mass is 16.5. The summed E-state index contributed by atoms with van der Waals surface area (Å²) >= 11 is 0. The fourth-order valence-corrected chi connectivity index (χ4v) is 7.25. The van der Waals surface area contributed by atoms with Gasteiger partial charge in [-0.2, -0.15) is 0 Å². The van der Waals surface area contributed by atoms with Crippen LogP contribution in [0.15, 0.2) is 109 Å². The third kappa shape index (κ3) is 3.51. The van der Waals surface area contributed by atoms with Crippen molar-refractivity contribution in [3.8, 4) is 45.3 Å². The molecule has 0 amide bonds. The van der Waals surface area contributed by atoms with Crippen LogP contribution in [0.5, 0.6) is 23.0 Å². The maximum Gasteiger partial charge on any atom is 0.260 e. The topological polar surface area (TPSA) is 18.5 Å². The number of ether oxygens (including phenoxy) is 2. The van der Waals surface area contributed by atoms with Gasteiger partial charge in [-0.15, -0.1) is 0 Å². The van der Waals surface area contributed by atoms with Crippen LogP contribution in [0.4, 0.5) is 0 Å². The summed E-state index contributed by atoms with van der Waals surface area (Å²) in [5, 5.41) is 0. The summed E-state index contributed by atoms with van der Waals surface area (Å²) in [6.07, 6.45) is 5.11. The van der Waals surface area contributed by atoms with Crippen LogP contribution in [-0.4, -0.2) is 6.71 Å². The van der Waals surface area contributed by atoms with E-state index >= 15 is 0 Å². The smallest absolute Gasteiger partial charge is 0.260 e. The van der Waals surface area contributed by atoms with Gasteiger partial charge in [0.25, 0.3) is 6.71 Å². The summed E-state index contributed by atoms with van der Waals surface area (Å²) in [5.41, 5.74) is -1.40. The second-order valence-electron chi connectivity index (χ2n) is 11.3. The Morgan fingerprint density at radius 1 is 0.659 bits per heavy atom. The first-order valence-electron chi connectivity index (χ1n) is 21.5. The first kappa shape index (κ1) is 13.2. The molecule has 5 aromatic carbocycles. The Morgan fingerprint density at radius 3 is 2.02 bits per heavy atom. The van der Waals surface area contributed by atoms with Crippen LogP contribution in [0.2, 0.25) is 0 Å². The minimum Gasteiger partial charge on any atom is -0.458 e. The number of para-hydroxylation sites is 1. The van der Waals surface area contributed by atoms with Crippen molar-refractivity contribution in [3.05, 3.63) is 114 Å². The Bertz CT molecular complexity index is 2570. The van der Waals surface area contributed by atoms with Gasteiger partial charge in [0.05, 0.1) is 20.6 Å². The second-order valence-corrected chi connectivity index (χ2v) is 11.3. The standard InChI is InChI=1S/C38H31BO2/c1-3-9-26(10-4-1)28-23-29(27-11-5-2-6-12-27)36-32(24-28)39-31-14-7-13-30(38-20-17-25(18-21-38)19-22-38)37(31)41-34-16-8-15-33(40-36)35(34)39/h1-16,23-25H,17-22H2/i1D,2D,3D,4D,5D,6D,7D,9D,10D,11D,12D,13D,14D,23D,24D. The molecule has 3 aliphatic carbocycles. The Hall–Kier alpha value is -4.24. The van der Waals surface area contributed by atoms with Gasteiger partial charge in [0, 0.05) is 16.6 Å². The van der Waals surface area contributed by atoms with E-state index in [0.717, 1.165) is 38.5 Å². The molecule has 2 bridgehead atoms. The average Bonchev–Trinajstić information content (AvgIpc) is 3.19. The molecule has 0 unspecified atom stereocenters. The van der Waals surface area contributed by atoms with E-state index < -0.39 is 101 Å². The van der Waals surface area contributed by atoms with Crippen LogP contribution < -0.4 is 25.9 Å². The van der Waals surface area contributed by atoms with Gasteiger partial charge in [-0.1, -0.05) is 90.7 Å². The minimum atomic E-state index is -1.18. The molecule has 5 aliphatic rings. The molecule has 0 aromatic heterocycles. The maximum absolute atomic E-state index is 9.86. The molecule has 0 spiro atoms. The molecule has 41 heavy (non-hydrogen) atoms. The lowest BCUT2D eigenvalue weighted by Crippen LogP contribution is -2.58. The summed E-state index contributed by atoms with van der Waals surface area (Å²) in [6.45, 7) is -1.18. The highest BCUT2D eigenvalue weighted by molar-refractivity contribution is 6.98. The fraction of sp³-hybridized carbons (Fsp3) is 0.211. The monoisotopic (exact) mass is 545 g/mol. The summed E-state index contributed by atoms with van der Waals surface area (Å²) in [6, 6.07) is -4.23. The van der Waals surface area contributed by atoms with Crippen molar-refractivity contribution in [1.29, 1.82) is 0 Å². The molecule has 3 saturated carbocycles. The first-order valence-corrected chi connectivity index (χ1v) is 14.0. The van der Waals surface area contributed by atoms with Crippen molar-refractivity contribution >= 4 is 23.1 Å². The Balaban J connectivity index is 1.48. The first-order chi connectivity index (χ1) is 26.5. The fourth-order valence-electron chi connectivity index (χ4n) is 7.25. The number of benzene rings is 5. The van der Waals surface area contributed by atoms with Gasteiger partial charge in [-0.25, -0.2) is 0 Å². The Labute approximate surface area is 263 Å². The van der Waals surface area contributed by atoms with E-state index in [1.165, 1.54) is 0 Å². The quantitative estimate of drug-likeness (QED) is 0.210. The molecule has 3 heteroatoms. The van der Waals surface area contributed by atoms with E-state index in [-0.39, 0.29) is 57.6 Å². The van der Waals surface area contributed by atoms with Crippen molar-refractivity contribution in [2.24, 2.45) is 5.92 Å². The molecule has 0 radical (unpaired) electrons. The van der Waals surface area contributed by atoms with Gasteiger partial charge >= 0.3 is 0 Å². The predicted molar refractivity (Wildman–Crippen MR) is 168 cm³/mol. The van der Waals surface area contributed by atoms with Crippen LogP contribution in [0.1, 0.15) is 64.6 Å². The van der Waals surface area contributed by atoms with E-state index in [1.54, 1.807) is 18.2 Å². The lowest BCUT2D eigenvalue weighted by atomic mass is 9.34. The lowest BCUT2D eigenvalue weighted by molar-refractivity contribution is 0.134. The van der Waals surface area contributed by atoms with E-state index in [1.807, 2.05) is 0 Å². The molecular formula is C38H31BO2. The zero-order valence-corrected chi connectivity index (χ0v) is 21.9. The molecule has 2 nitrogen and oxygen atoms in total. The van der Waals surface area contributed by atoms with E-state index in [2.05, 4.69) is 0 Å². The molecule has 0 N–H and O–H groups in total. The number of hydrogen-bond acceptors (Lipinski definition) is 2. The van der Waals surface area contributed by atoms with Gasteiger partial charge in [-0.3, -0.25) is 0 Å². The summed E-state index contributed by atoms with van der Waals surface area (Å²) in [4.78, 5) is 0. The van der Waals surface area contributed by atoms with Crippen molar-refractivity contribution in [1.82, 2.24) is 0 Å². The highest BCUT2D eigenvalue weighted by Gasteiger charge is 2.47. The number of rotatable bonds is 3. The van der Waals surface area contributed by atoms with Crippen molar-refractivity contribution < 1.29 is 30.0 Å². The van der Waals surface area contributed by atoms with Crippen molar-refractivity contribution in [2.45, 2.75) is 43.9 Å². The average molecular weight is 546 g/mol. The second kappa shape index (κ2) is 8.88. The summed E-state index contributed by atoms with van der Waals surface area (Å²) in [7, 11) is 0. The third-order valence-corrected chi connectivity index (χ3v) is 9.28. The normalized spacial score (nSPS) is 26.4. The van der Waals surface area contributed by atoms with Gasteiger partial charge in [0.15, 0.2) is 0 Å². The van der Waals surface area contributed by atoms with Gasteiger partial charge in [-0.05, 0) is 95.6 Å². The maximum atomic E-state index is 9.86. The molecule has 2 heterocycles. The van der Waals surface area contributed by atoms with E-state index in [9.17, 15) is 5.48 Å². The van der Waals surface area contributed by atoms with Gasteiger partial charge in [0.2, 0.25) is 0 Å². The highest BCUT2D eigenvalue weighted by Crippen LogP contribution is 2.54. The zero-order valence-electron chi connectivity index (χ0n) is 36.9. The molecule has 10 rings (SSSR count). The Kier molecular flexibility index (Phi) is 2.85. The molecular weight excluding hydrogens is 499 g/mol. The van der Waals surface area contributed by atoms with Crippen LogP contribution in [0.3, 0.4) is 0 Å². The van der Waals surface area contributed by atoms with Crippen LogP contribution in [-0.2, 0) is 5.41 Å². The number of hydrogen-bond donors (Lipinski definition) is 0. The van der Waals surface area contributed by atoms with Gasteiger partial charge in [0.1, 0.15) is 23.0 Å². The van der Waals surface area contributed by atoms with Crippen LogP contribution in [0, 0.1) is 5.92 Å². The van der Waals surface area contributed by atoms with Crippen molar-refractivity contribution in [3.63, 3.8) is 0 Å². The molecule has 0 saturated heterocycles. The molecule has 198 valence electrons. The minimum absolute atomic E-state index is 0.0736. The van der Waals surface area contributed by atoms with Crippen LogP contribution >= 0.6 is 0 Å². The van der Waals surface area contributed by atoms with E-state index in [0.29, 0.717) is 16.9 Å². The SMILES string of the molecule is [2H]c1c([2H])c([2H])c(-c2c([2H])c3c(c(-c4c([2H])c([2H])c([2H])c([2H])c4[2H])c2[2H])Oc2cccc4c2B3c2c([2H])c([2H])c([2H])c(C35CCC(CC3)CC5)c2O4)c([2H])c1[2H]. The summed E-state index contributed by atoms with van der Waals surface area (Å²) in [5.74, 6) is 0.974. The number of fused-ring (bicyclic) bond motifs is 7. The predicted octanol–water partition coefficient (Wildman–Crippen LogP) is 7.97. The third-order valence-electron chi connectivity index (χ3n) is 9.28. The Morgan fingerprint density at radius 2 is 1.32 bits per heavy atom. The summed E-state index contributed by atoms with van der Waals surface area (Å²) < 4.78 is 147. The molecule has 3 fully saturated rings. The van der Waals surface area contributed by atoms with Crippen molar-refractivity contribution in [2.75, 3.05) is 0 Å². The molecule has 5 aromatic rings. The van der Waals surface area contributed by atoms with Crippen LogP contribution in [0.25, 0.3) is 22.3 Å². The van der Waals surface area contributed by atoms with Gasteiger partial charge < -0.3 is 9.47 Å². The van der Waals surface area contributed by atoms with E-state index in [4.69, 9.17) is 24.6 Å².